The van der Waals surface area contributed by atoms with E-state index in [2.05, 4.69) is 0 Å². The molecular weight excluding hydrogens is 443 g/mol. The Bertz CT molecular complexity index is 743. The Morgan fingerprint density at radius 1 is 0.448 bits per heavy atom. The molecule has 0 spiro atoms. The topological polar surface area (TPSA) is 36.9 Å². The van der Waals surface area contributed by atoms with Crippen LogP contribution in [0.5, 0.6) is 23.0 Å². The number of benzene rings is 2. The van der Waals surface area contributed by atoms with E-state index in [-0.39, 0.29) is 22.4 Å². The fourth-order valence-corrected chi connectivity index (χ4v) is 2.19. The molecule has 143 valence electrons. The van der Waals surface area contributed by atoms with Crippen LogP contribution in [0.25, 0.3) is 0 Å². The third-order valence-electron chi connectivity index (χ3n) is 3.51. The molecule has 0 saturated carbocycles. The first kappa shape index (κ1) is 22.5. The quantitative estimate of drug-likeness (QED) is 0.279. The maximum atomic E-state index is 4.95. The van der Waals surface area contributed by atoms with Gasteiger partial charge in [-0.2, -0.15) is 36.4 Å². The van der Waals surface area contributed by atoms with Crippen LogP contribution in [-0.2, 0) is 22.4 Å². The molecule has 0 bridgehead atoms. The van der Waals surface area contributed by atoms with Crippen LogP contribution in [0.15, 0.2) is 109 Å². The van der Waals surface area contributed by atoms with E-state index in [1.807, 2.05) is 109 Å². The van der Waals surface area contributed by atoms with Gasteiger partial charge in [0.25, 0.3) is 0 Å². The van der Waals surface area contributed by atoms with Crippen molar-refractivity contribution in [2.75, 3.05) is 0 Å². The summed E-state index contributed by atoms with van der Waals surface area (Å²) in [6.07, 6.45) is 0. The summed E-state index contributed by atoms with van der Waals surface area (Å²) in [6, 6.07) is 35.1. The Kier molecular flexibility index (Phi) is 10.4. The molecular formula is C22H18B2NbO4-2. The van der Waals surface area contributed by atoms with Gasteiger partial charge in [0.1, 0.15) is 23.0 Å². The molecule has 0 aliphatic carbocycles. The zero-order valence-corrected chi connectivity index (χ0v) is 17.8. The minimum atomic E-state index is 0. The number of hydrogen-bond donors (Lipinski definition) is 0. The molecule has 29 heavy (non-hydrogen) atoms. The molecule has 6 rings (SSSR count). The minimum Gasteiger partial charge on any atom is -0.524 e. The van der Waals surface area contributed by atoms with Gasteiger partial charge in [0.2, 0.25) is 0 Å². The minimum absolute atomic E-state index is 0. The summed E-state index contributed by atoms with van der Waals surface area (Å²) in [6.45, 7) is 0. The molecule has 0 amide bonds. The van der Waals surface area contributed by atoms with Crippen LogP contribution in [0, 0.1) is 0 Å². The van der Waals surface area contributed by atoms with Crippen molar-refractivity contribution in [1.29, 1.82) is 0 Å². The Labute approximate surface area is 188 Å². The third-order valence-corrected chi connectivity index (χ3v) is 3.51. The first-order chi connectivity index (χ1) is 13.9. The fourth-order valence-electron chi connectivity index (χ4n) is 2.19. The smallest absolute Gasteiger partial charge is 0.524 e. The van der Waals surface area contributed by atoms with Crippen LogP contribution in [0.3, 0.4) is 0 Å². The van der Waals surface area contributed by atoms with Crippen molar-refractivity contribution in [2.24, 2.45) is 0 Å². The van der Waals surface area contributed by atoms with Crippen LogP contribution in [0.1, 0.15) is 0 Å². The summed E-state index contributed by atoms with van der Waals surface area (Å²) >= 11 is 0. The standard InChI is InChI=1S/2C6H4BO2.2C5H5.Nb/c2*1-2-4-6-5(3-1)8-7-9-6;2*1-2-4-5-3-1;/h2*1-4H;2*1-5H;/q;;2*-1;. The molecule has 0 aromatic heterocycles. The molecule has 4 nitrogen and oxygen atoms in total. The van der Waals surface area contributed by atoms with E-state index in [1.54, 1.807) is 0 Å². The number of fused-ring (bicyclic) bond motifs is 2. The Morgan fingerprint density at radius 3 is 0.931 bits per heavy atom. The molecule has 2 aliphatic heterocycles. The third kappa shape index (κ3) is 8.00. The van der Waals surface area contributed by atoms with Gasteiger partial charge in [-0.3, -0.25) is 0 Å². The van der Waals surface area contributed by atoms with Gasteiger partial charge in [0, 0.05) is 22.4 Å². The van der Waals surface area contributed by atoms with Crippen molar-refractivity contribution in [3.8, 4) is 23.0 Å². The second-order valence-corrected chi connectivity index (χ2v) is 5.48. The van der Waals surface area contributed by atoms with Gasteiger partial charge in [-0.05, 0) is 24.3 Å². The average molecular weight is 461 g/mol. The molecule has 0 saturated heterocycles. The van der Waals surface area contributed by atoms with Gasteiger partial charge in [-0.1, -0.05) is 24.3 Å². The van der Waals surface area contributed by atoms with E-state index in [1.165, 1.54) is 15.4 Å². The predicted octanol–water partition coefficient (Wildman–Crippen LogP) is 4.79. The van der Waals surface area contributed by atoms with Gasteiger partial charge < -0.3 is 18.6 Å². The second kappa shape index (κ2) is 13.4. The Hall–Kier alpha value is -2.79. The molecule has 2 heterocycles. The zero-order valence-electron chi connectivity index (χ0n) is 15.6. The maximum Gasteiger partial charge on any atom is 0.658 e. The Balaban J connectivity index is 0.000000142. The van der Waals surface area contributed by atoms with Gasteiger partial charge in [0.15, 0.2) is 0 Å². The van der Waals surface area contributed by atoms with Crippen molar-refractivity contribution >= 4 is 15.4 Å². The first-order valence-electron chi connectivity index (χ1n) is 8.75. The van der Waals surface area contributed by atoms with Crippen LogP contribution in [0.4, 0.5) is 0 Å². The summed E-state index contributed by atoms with van der Waals surface area (Å²) in [7, 11) is 2.65. The Morgan fingerprint density at radius 2 is 0.724 bits per heavy atom. The van der Waals surface area contributed by atoms with E-state index in [4.69, 9.17) is 18.6 Å². The van der Waals surface area contributed by atoms with Gasteiger partial charge in [-0.25, -0.2) is 24.3 Å². The molecule has 0 atom stereocenters. The number of para-hydroxylation sites is 4. The van der Waals surface area contributed by atoms with Gasteiger partial charge in [0.05, 0.1) is 0 Å². The van der Waals surface area contributed by atoms with Crippen molar-refractivity contribution in [2.45, 2.75) is 0 Å². The van der Waals surface area contributed by atoms with Crippen molar-refractivity contribution in [3.63, 3.8) is 0 Å². The van der Waals surface area contributed by atoms with Crippen molar-refractivity contribution < 1.29 is 41.0 Å². The van der Waals surface area contributed by atoms with Crippen LogP contribution in [-0.4, -0.2) is 15.4 Å². The molecule has 3 radical (unpaired) electrons. The fraction of sp³-hybridized carbons (Fsp3) is 0. The largest absolute Gasteiger partial charge is 0.658 e. The second-order valence-electron chi connectivity index (χ2n) is 5.48. The van der Waals surface area contributed by atoms with E-state index in [0.717, 1.165) is 23.0 Å². The normalized spacial score (nSPS) is 10.8. The molecule has 0 unspecified atom stereocenters. The van der Waals surface area contributed by atoms with Gasteiger partial charge >= 0.3 is 15.4 Å². The maximum absolute atomic E-state index is 4.95. The van der Waals surface area contributed by atoms with E-state index in [9.17, 15) is 0 Å². The number of rotatable bonds is 0. The summed E-state index contributed by atoms with van der Waals surface area (Å²) in [5.41, 5.74) is 0. The molecule has 0 fully saturated rings. The average Bonchev–Trinajstić information content (AvgIpc) is 3.56. The molecule has 4 aromatic carbocycles. The van der Waals surface area contributed by atoms with Crippen LogP contribution in [0.2, 0.25) is 0 Å². The summed E-state index contributed by atoms with van der Waals surface area (Å²) in [5.74, 6) is 3.16. The molecule has 4 aromatic rings. The van der Waals surface area contributed by atoms with Crippen molar-refractivity contribution in [3.05, 3.63) is 109 Å². The summed E-state index contributed by atoms with van der Waals surface area (Å²) in [4.78, 5) is 0. The molecule has 0 N–H and O–H groups in total. The van der Waals surface area contributed by atoms with E-state index < -0.39 is 0 Å². The predicted molar refractivity (Wildman–Crippen MR) is 111 cm³/mol. The van der Waals surface area contributed by atoms with Gasteiger partial charge in [-0.15, -0.1) is 0 Å². The summed E-state index contributed by atoms with van der Waals surface area (Å²) in [5, 5.41) is 0. The van der Waals surface area contributed by atoms with Crippen molar-refractivity contribution in [1.82, 2.24) is 0 Å². The van der Waals surface area contributed by atoms with E-state index in [0.29, 0.717) is 0 Å². The van der Waals surface area contributed by atoms with Crippen LogP contribution >= 0.6 is 0 Å². The zero-order chi connectivity index (χ0) is 19.3. The van der Waals surface area contributed by atoms with E-state index >= 15 is 0 Å². The molecule has 7 heteroatoms. The molecule has 2 aliphatic rings. The SMILES string of the molecule is [B]1Oc2ccccc2O1.[B]1Oc2ccccc2O1.[Nb].c1cc[cH-]c1.c1cc[cH-]c1. The summed E-state index contributed by atoms with van der Waals surface area (Å²) < 4.78 is 19.8. The first-order valence-corrected chi connectivity index (χ1v) is 8.75. The monoisotopic (exact) mass is 461 g/mol. The van der Waals surface area contributed by atoms with Crippen LogP contribution < -0.4 is 18.6 Å². The number of hydrogen-bond acceptors (Lipinski definition) is 4.